The number of nitrogens with zero attached hydrogens (tertiary/aromatic N) is 5. The van der Waals surface area contributed by atoms with Crippen LogP contribution in [0.15, 0.2) is 17.1 Å². The lowest BCUT2D eigenvalue weighted by Crippen LogP contribution is -2.49. The molecule has 11 heteroatoms. The van der Waals surface area contributed by atoms with Gasteiger partial charge < -0.3 is 16.0 Å². The van der Waals surface area contributed by atoms with E-state index < -0.39 is 23.4 Å². The van der Waals surface area contributed by atoms with Crippen molar-refractivity contribution in [3.63, 3.8) is 0 Å². The second-order valence-electron chi connectivity index (χ2n) is 9.18. The van der Waals surface area contributed by atoms with Gasteiger partial charge in [-0.15, -0.1) is 5.10 Å². The second kappa shape index (κ2) is 8.35. The molecule has 1 aliphatic carbocycles. The van der Waals surface area contributed by atoms with Crippen LogP contribution < -0.4 is 11.1 Å². The van der Waals surface area contributed by atoms with E-state index in [0.29, 0.717) is 37.8 Å². The molecule has 8 nitrogen and oxygen atoms in total. The van der Waals surface area contributed by atoms with Crippen LogP contribution >= 0.6 is 0 Å². The summed E-state index contributed by atoms with van der Waals surface area (Å²) in [7, 11) is 0. The van der Waals surface area contributed by atoms with Gasteiger partial charge in [-0.1, -0.05) is 6.07 Å². The number of halogens is 3. The Morgan fingerprint density at radius 3 is 2.58 bits per heavy atom. The molecule has 3 unspecified atom stereocenters. The largest absolute Gasteiger partial charge is 0.387 e. The molecule has 2 bridgehead atoms. The highest BCUT2D eigenvalue weighted by atomic mass is 19.2. The Hall–Kier alpha value is -3.11. The summed E-state index contributed by atoms with van der Waals surface area (Å²) in [4.78, 5) is 22.5. The van der Waals surface area contributed by atoms with Gasteiger partial charge in [-0.25, -0.2) is 22.6 Å². The van der Waals surface area contributed by atoms with Crippen molar-refractivity contribution in [1.82, 2.24) is 19.7 Å². The highest BCUT2D eigenvalue weighted by Gasteiger charge is 2.44. The summed E-state index contributed by atoms with van der Waals surface area (Å²) in [6.45, 7) is 3.38. The SMILES string of the molecule is C/C(N)=N/C(=O)N1CC2CC[C@@H](C1)C2Nc1nc2n(n1)CCCC2c1ccc(F)c(F)c1F. The molecule has 2 fully saturated rings. The maximum absolute atomic E-state index is 14.5. The Kier molecular flexibility index (Phi) is 5.49. The molecule has 176 valence electrons. The normalized spacial score (nSPS) is 26.9. The number of amidine groups is 1. The lowest BCUT2D eigenvalue weighted by molar-refractivity contribution is 0.162. The number of rotatable bonds is 3. The minimum absolute atomic E-state index is 0.0939. The van der Waals surface area contributed by atoms with Crippen molar-refractivity contribution in [2.24, 2.45) is 22.6 Å². The highest BCUT2D eigenvalue weighted by molar-refractivity contribution is 5.91. The molecule has 0 radical (unpaired) electrons. The maximum Gasteiger partial charge on any atom is 0.345 e. The molecule has 1 aromatic heterocycles. The van der Waals surface area contributed by atoms with Crippen LogP contribution in [0.2, 0.25) is 0 Å². The molecule has 2 aliphatic heterocycles. The number of aromatic nitrogens is 3. The number of fused-ring (bicyclic) bond motifs is 3. The van der Waals surface area contributed by atoms with Crippen LogP contribution in [0.4, 0.5) is 23.9 Å². The standard InChI is InChI=1S/C22H26F3N7O/c1-11(26)27-22(33)31-9-12-4-5-13(10-31)19(12)28-21-29-20-15(3-2-8-32(20)30-21)14-6-7-16(23)18(25)17(14)24/h6-7,12-13,15,19H,2-5,8-10H2,1H3,(H,28,30)(H2,26,27,33)/t12-,13?,15?,19?/m0/s1. The molecule has 2 amide bonds. The molecule has 1 aromatic carbocycles. The average Bonchev–Trinajstić information content (AvgIpc) is 3.28. The van der Waals surface area contributed by atoms with Gasteiger partial charge in [0.1, 0.15) is 11.7 Å². The molecule has 1 saturated heterocycles. The first kappa shape index (κ1) is 21.7. The van der Waals surface area contributed by atoms with E-state index in [1.807, 2.05) is 0 Å². The average molecular weight is 461 g/mol. The van der Waals surface area contributed by atoms with Gasteiger partial charge in [0.2, 0.25) is 5.95 Å². The number of urea groups is 1. The first-order chi connectivity index (χ1) is 15.8. The van der Waals surface area contributed by atoms with Crippen LogP contribution in [-0.2, 0) is 6.54 Å². The number of hydrogen-bond acceptors (Lipinski definition) is 4. The van der Waals surface area contributed by atoms with E-state index in [9.17, 15) is 18.0 Å². The smallest absolute Gasteiger partial charge is 0.345 e. The van der Waals surface area contributed by atoms with Crippen LogP contribution in [-0.4, -0.2) is 50.7 Å². The van der Waals surface area contributed by atoms with Crippen molar-refractivity contribution < 1.29 is 18.0 Å². The monoisotopic (exact) mass is 461 g/mol. The van der Waals surface area contributed by atoms with E-state index in [4.69, 9.17) is 5.73 Å². The summed E-state index contributed by atoms with van der Waals surface area (Å²) in [6.07, 6.45) is 3.26. The number of nitrogens with one attached hydrogen (secondary N) is 1. The van der Waals surface area contributed by atoms with E-state index in [1.54, 1.807) is 16.5 Å². The van der Waals surface area contributed by atoms with Gasteiger partial charge in [-0.3, -0.25) is 0 Å². The topological polar surface area (TPSA) is 101 Å². The van der Waals surface area contributed by atoms with Gasteiger partial charge >= 0.3 is 6.03 Å². The third kappa shape index (κ3) is 3.93. The molecule has 3 aliphatic rings. The summed E-state index contributed by atoms with van der Waals surface area (Å²) in [5.74, 6) is -2.63. The van der Waals surface area contributed by atoms with E-state index in [2.05, 4.69) is 20.4 Å². The Labute approximate surface area is 189 Å². The van der Waals surface area contributed by atoms with Crippen LogP contribution in [0.5, 0.6) is 0 Å². The van der Waals surface area contributed by atoms with Gasteiger partial charge in [0, 0.05) is 37.2 Å². The third-order valence-corrected chi connectivity index (χ3v) is 6.99. The minimum Gasteiger partial charge on any atom is -0.387 e. The van der Waals surface area contributed by atoms with Gasteiger partial charge in [0.05, 0.1) is 0 Å². The quantitative estimate of drug-likeness (QED) is 0.415. The minimum atomic E-state index is -1.46. The number of carbonyl (C=O) groups excluding carboxylic acids is 1. The Bertz CT molecular complexity index is 1100. The van der Waals surface area contributed by atoms with E-state index in [1.165, 1.54) is 6.07 Å². The predicted molar refractivity (Wildman–Crippen MR) is 115 cm³/mol. The number of benzene rings is 1. The van der Waals surface area contributed by atoms with Crippen molar-refractivity contribution in [3.8, 4) is 0 Å². The van der Waals surface area contributed by atoms with Gasteiger partial charge in [-0.2, -0.15) is 9.98 Å². The fraction of sp³-hybridized carbons (Fsp3) is 0.545. The fourth-order valence-electron chi connectivity index (χ4n) is 5.50. The molecule has 33 heavy (non-hydrogen) atoms. The molecule has 3 N–H and O–H groups in total. The third-order valence-electron chi connectivity index (χ3n) is 6.99. The van der Waals surface area contributed by atoms with Gasteiger partial charge in [-0.05, 0) is 50.5 Å². The molecular formula is C22H26F3N7O. The van der Waals surface area contributed by atoms with E-state index in [-0.39, 0.29) is 35.3 Å². The highest BCUT2D eigenvalue weighted by Crippen LogP contribution is 2.40. The predicted octanol–water partition coefficient (Wildman–Crippen LogP) is 3.24. The Balaban J connectivity index is 1.35. The Morgan fingerprint density at radius 2 is 1.88 bits per heavy atom. The van der Waals surface area contributed by atoms with E-state index >= 15 is 0 Å². The molecule has 1 saturated carbocycles. The zero-order valence-electron chi connectivity index (χ0n) is 18.3. The molecular weight excluding hydrogens is 435 g/mol. The second-order valence-corrected chi connectivity index (χ2v) is 9.18. The first-order valence-electron chi connectivity index (χ1n) is 11.3. The molecule has 2 aromatic rings. The van der Waals surface area contributed by atoms with Crippen LogP contribution in [0.3, 0.4) is 0 Å². The number of amides is 2. The molecule has 3 heterocycles. The zero-order valence-corrected chi connectivity index (χ0v) is 18.3. The summed E-state index contributed by atoms with van der Waals surface area (Å²) in [6, 6.07) is 2.04. The van der Waals surface area contributed by atoms with E-state index in [0.717, 1.165) is 25.3 Å². The number of carbonyl (C=O) groups is 1. The number of aryl methyl sites for hydroxylation is 1. The maximum atomic E-state index is 14.5. The van der Waals surface area contributed by atoms with Crippen LogP contribution in [0, 0.1) is 29.3 Å². The lowest BCUT2D eigenvalue weighted by atomic mass is 9.90. The van der Waals surface area contributed by atoms with Crippen molar-refractivity contribution in [1.29, 1.82) is 0 Å². The van der Waals surface area contributed by atoms with Gasteiger partial charge in [0.25, 0.3) is 0 Å². The van der Waals surface area contributed by atoms with Crippen molar-refractivity contribution >= 4 is 17.8 Å². The van der Waals surface area contributed by atoms with Crippen molar-refractivity contribution in [2.75, 3.05) is 18.4 Å². The Morgan fingerprint density at radius 1 is 1.15 bits per heavy atom. The molecule has 0 spiro atoms. The lowest BCUT2D eigenvalue weighted by Gasteiger charge is -2.37. The number of hydrogen-bond donors (Lipinski definition) is 2. The number of anilines is 1. The number of likely N-dealkylation sites (tertiary alicyclic amines) is 1. The number of piperidine rings is 1. The summed E-state index contributed by atoms with van der Waals surface area (Å²) < 4.78 is 43.4. The molecule has 5 rings (SSSR count). The summed E-state index contributed by atoms with van der Waals surface area (Å²) >= 11 is 0. The van der Waals surface area contributed by atoms with Crippen molar-refractivity contribution in [3.05, 3.63) is 41.0 Å². The van der Waals surface area contributed by atoms with Crippen LogP contribution in [0.25, 0.3) is 0 Å². The fourth-order valence-corrected chi connectivity index (χ4v) is 5.50. The summed E-state index contributed by atoms with van der Waals surface area (Å²) in [5, 5.41) is 8.00. The number of aliphatic imine (C=N–C) groups is 1. The van der Waals surface area contributed by atoms with Crippen molar-refractivity contribution in [2.45, 2.75) is 51.1 Å². The zero-order chi connectivity index (χ0) is 23.3. The number of nitrogens with two attached hydrogens (primary N) is 1. The summed E-state index contributed by atoms with van der Waals surface area (Å²) in [5.41, 5.74) is 5.64. The first-order valence-corrected chi connectivity index (χ1v) is 11.3. The van der Waals surface area contributed by atoms with Gasteiger partial charge in [0.15, 0.2) is 17.5 Å². The molecule has 4 atom stereocenters. The van der Waals surface area contributed by atoms with Crippen LogP contribution in [0.1, 0.15) is 49.9 Å².